The van der Waals surface area contributed by atoms with Crippen LogP contribution in [0.25, 0.3) is 0 Å². The van der Waals surface area contributed by atoms with Gasteiger partial charge in [0.05, 0.1) is 6.21 Å². The van der Waals surface area contributed by atoms with Crippen molar-refractivity contribution in [1.82, 2.24) is 5.43 Å². The minimum absolute atomic E-state index is 0.0445. The molecule has 3 aromatic rings. The summed E-state index contributed by atoms with van der Waals surface area (Å²) in [5, 5.41) is 7.46. The molecule has 0 saturated heterocycles. The highest BCUT2D eigenvalue weighted by Crippen LogP contribution is 2.19. The first-order valence-electron chi connectivity index (χ1n) is 10.6. The number of hydrogen-bond acceptors (Lipinski definition) is 4. The maximum atomic E-state index is 12.1. The summed E-state index contributed by atoms with van der Waals surface area (Å²) in [5.41, 5.74) is 6.95. The summed E-state index contributed by atoms with van der Waals surface area (Å²) in [4.78, 5) is 24.1. The van der Waals surface area contributed by atoms with Gasteiger partial charge in [-0.05, 0) is 66.9 Å². The second kappa shape index (κ2) is 11.8. The lowest BCUT2D eigenvalue weighted by Gasteiger charge is -2.09. The maximum Gasteiger partial charge on any atom is 0.240 e. The maximum absolute atomic E-state index is 12.1. The van der Waals surface area contributed by atoms with Crippen molar-refractivity contribution in [2.75, 3.05) is 5.32 Å². The Bertz CT molecular complexity index is 1140. The van der Waals surface area contributed by atoms with Crippen LogP contribution in [-0.4, -0.2) is 18.0 Å². The van der Waals surface area contributed by atoms with Crippen molar-refractivity contribution in [1.29, 1.82) is 0 Å². The average molecular weight is 464 g/mol. The molecule has 0 radical (unpaired) electrons. The molecule has 3 aromatic carbocycles. The van der Waals surface area contributed by atoms with Crippen LogP contribution in [0.15, 0.2) is 71.8 Å². The highest BCUT2D eigenvalue weighted by atomic mass is 35.5. The zero-order valence-electron chi connectivity index (χ0n) is 18.6. The van der Waals surface area contributed by atoms with Gasteiger partial charge in [0.15, 0.2) is 0 Å². The molecule has 0 bridgehead atoms. The van der Waals surface area contributed by atoms with E-state index in [0.717, 1.165) is 27.9 Å². The van der Waals surface area contributed by atoms with E-state index >= 15 is 0 Å². The number of carbonyl (C=O) groups is 2. The monoisotopic (exact) mass is 463 g/mol. The lowest BCUT2D eigenvalue weighted by atomic mass is 10.1. The second-order valence-corrected chi connectivity index (χ2v) is 8.02. The van der Waals surface area contributed by atoms with Gasteiger partial charge in [0.25, 0.3) is 0 Å². The fourth-order valence-electron chi connectivity index (χ4n) is 2.97. The van der Waals surface area contributed by atoms with Crippen molar-refractivity contribution < 1.29 is 14.3 Å². The Morgan fingerprint density at radius 3 is 2.45 bits per heavy atom. The van der Waals surface area contributed by atoms with Crippen molar-refractivity contribution >= 4 is 35.3 Å². The number of benzene rings is 3. The molecule has 2 amide bonds. The van der Waals surface area contributed by atoms with Gasteiger partial charge < -0.3 is 10.1 Å². The molecule has 6 nitrogen and oxygen atoms in total. The van der Waals surface area contributed by atoms with Crippen LogP contribution in [0.1, 0.15) is 35.1 Å². The van der Waals surface area contributed by atoms with E-state index in [1.165, 1.54) is 6.21 Å². The van der Waals surface area contributed by atoms with Gasteiger partial charge in [-0.2, -0.15) is 5.10 Å². The van der Waals surface area contributed by atoms with E-state index in [1.54, 1.807) is 0 Å². The molecule has 0 saturated carbocycles. The Labute approximate surface area is 198 Å². The van der Waals surface area contributed by atoms with Crippen LogP contribution in [0.4, 0.5) is 5.69 Å². The first kappa shape index (κ1) is 24.0. The lowest BCUT2D eigenvalue weighted by Crippen LogP contribution is -2.20. The smallest absolute Gasteiger partial charge is 0.240 e. The van der Waals surface area contributed by atoms with Gasteiger partial charge >= 0.3 is 0 Å². The fraction of sp³-hybridized carbons (Fsp3) is 0.192. The normalized spacial score (nSPS) is 10.8. The zero-order valence-corrected chi connectivity index (χ0v) is 19.4. The van der Waals surface area contributed by atoms with E-state index in [0.29, 0.717) is 17.4 Å². The summed E-state index contributed by atoms with van der Waals surface area (Å²) in [5.74, 6) is 0.156. The van der Waals surface area contributed by atoms with Gasteiger partial charge in [0.1, 0.15) is 12.4 Å². The van der Waals surface area contributed by atoms with E-state index in [2.05, 4.69) is 15.8 Å². The summed E-state index contributed by atoms with van der Waals surface area (Å²) in [6.45, 7) is 4.26. The molecule has 2 N–H and O–H groups in total. The van der Waals surface area contributed by atoms with E-state index in [9.17, 15) is 9.59 Å². The lowest BCUT2D eigenvalue weighted by molar-refractivity contribution is -0.124. The molecule has 3 rings (SSSR count). The summed E-state index contributed by atoms with van der Waals surface area (Å²) < 4.78 is 5.74. The van der Waals surface area contributed by atoms with Crippen molar-refractivity contribution in [2.45, 2.75) is 33.3 Å². The molecule has 0 unspecified atom stereocenters. The largest absolute Gasteiger partial charge is 0.489 e. The Balaban J connectivity index is 1.40. The van der Waals surface area contributed by atoms with Crippen molar-refractivity contribution in [3.05, 3.63) is 94.0 Å². The molecule has 0 aliphatic carbocycles. The number of halogens is 1. The molecule has 0 fully saturated rings. The first-order valence-corrected chi connectivity index (χ1v) is 10.9. The van der Waals surface area contributed by atoms with Crippen LogP contribution in [0.2, 0.25) is 5.02 Å². The first-order chi connectivity index (χ1) is 15.9. The minimum atomic E-state index is -0.331. The van der Waals surface area contributed by atoms with Crippen LogP contribution >= 0.6 is 11.6 Å². The van der Waals surface area contributed by atoms with Gasteiger partial charge in [0.2, 0.25) is 11.8 Å². The summed E-state index contributed by atoms with van der Waals surface area (Å²) >= 11 is 6.13. The highest BCUT2D eigenvalue weighted by Gasteiger charge is 2.08. The Morgan fingerprint density at radius 2 is 1.70 bits per heavy atom. The molecule has 0 atom stereocenters. The molecule has 170 valence electrons. The number of aryl methyl sites for hydroxylation is 2. The summed E-state index contributed by atoms with van der Waals surface area (Å²) in [6, 6.07) is 20.7. The van der Waals surface area contributed by atoms with Crippen LogP contribution in [-0.2, 0) is 16.2 Å². The third-order valence-electron chi connectivity index (χ3n) is 4.88. The average Bonchev–Trinajstić information content (AvgIpc) is 2.80. The van der Waals surface area contributed by atoms with Gasteiger partial charge in [-0.15, -0.1) is 0 Å². The molecular formula is C26H26ClN3O3. The van der Waals surface area contributed by atoms with Crippen molar-refractivity contribution in [3.8, 4) is 5.75 Å². The molecule has 0 aliphatic rings. The zero-order chi connectivity index (χ0) is 23.6. The van der Waals surface area contributed by atoms with Crippen molar-refractivity contribution in [3.63, 3.8) is 0 Å². The van der Waals surface area contributed by atoms with Gasteiger partial charge in [-0.1, -0.05) is 41.9 Å². The van der Waals surface area contributed by atoms with Gasteiger partial charge in [0, 0.05) is 29.1 Å². The quantitative estimate of drug-likeness (QED) is 0.329. The molecule has 0 spiro atoms. The van der Waals surface area contributed by atoms with E-state index in [4.69, 9.17) is 16.3 Å². The van der Waals surface area contributed by atoms with E-state index < -0.39 is 0 Å². The number of hydrogen-bond donors (Lipinski definition) is 2. The molecule has 0 aromatic heterocycles. The SMILES string of the molecule is Cc1ccc(C)c(NC(=O)CCC(=O)NN=Cc2ccc(OCc3ccccc3Cl)cc2)c1. The van der Waals surface area contributed by atoms with Gasteiger partial charge in [-0.3, -0.25) is 9.59 Å². The Morgan fingerprint density at radius 1 is 0.970 bits per heavy atom. The second-order valence-electron chi connectivity index (χ2n) is 7.61. The standard InChI is InChI=1S/C26H26ClN3O3/c1-18-7-8-19(2)24(15-18)29-25(31)13-14-26(32)30-28-16-20-9-11-22(12-10-20)33-17-21-5-3-4-6-23(21)27/h3-12,15-16H,13-14,17H2,1-2H3,(H,29,31)(H,30,32). The third-order valence-corrected chi connectivity index (χ3v) is 5.25. The number of nitrogens with zero attached hydrogens (tertiary/aromatic N) is 1. The van der Waals surface area contributed by atoms with Crippen LogP contribution in [0.5, 0.6) is 5.75 Å². The van der Waals surface area contributed by atoms with Crippen molar-refractivity contribution in [2.24, 2.45) is 5.10 Å². The number of ether oxygens (including phenoxy) is 1. The predicted molar refractivity (Wildman–Crippen MR) is 132 cm³/mol. The van der Waals surface area contributed by atoms with Crippen LogP contribution < -0.4 is 15.5 Å². The Hall–Kier alpha value is -3.64. The number of rotatable bonds is 9. The molecule has 0 heterocycles. The predicted octanol–water partition coefficient (Wildman–Crippen LogP) is 5.40. The minimum Gasteiger partial charge on any atom is -0.489 e. The summed E-state index contributed by atoms with van der Waals surface area (Å²) in [6.07, 6.45) is 1.65. The number of hydrazone groups is 1. The Kier molecular flexibility index (Phi) is 8.61. The molecule has 33 heavy (non-hydrogen) atoms. The fourth-order valence-corrected chi connectivity index (χ4v) is 3.16. The third kappa shape index (κ3) is 7.77. The summed E-state index contributed by atoms with van der Waals surface area (Å²) in [7, 11) is 0. The molecule has 0 aliphatic heterocycles. The van der Waals surface area contributed by atoms with Crippen LogP contribution in [0, 0.1) is 13.8 Å². The highest BCUT2D eigenvalue weighted by molar-refractivity contribution is 6.31. The van der Waals surface area contributed by atoms with E-state index in [-0.39, 0.29) is 24.7 Å². The van der Waals surface area contributed by atoms with E-state index in [1.807, 2.05) is 80.6 Å². The number of nitrogens with one attached hydrogen (secondary N) is 2. The number of amides is 2. The van der Waals surface area contributed by atoms with Gasteiger partial charge in [-0.25, -0.2) is 5.43 Å². The number of carbonyl (C=O) groups excluding carboxylic acids is 2. The van der Waals surface area contributed by atoms with Crippen LogP contribution in [0.3, 0.4) is 0 Å². The molecule has 7 heteroatoms. The molecular weight excluding hydrogens is 438 g/mol. The number of anilines is 1. The topological polar surface area (TPSA) is 79.8 Å².